The van der Waals surface area contributed by atoms with E-state index in [4.69, 9.17) is 19.9 Å². The number of aryl methyl sites for hydroxylation is 4. The second kappa shape index (κ2) is 31.8. The largest absolute Gasteiger partial charge is 0.357 e. The molecular formula is C93H80N20O4. The van der Waals surface area contributed by atoms with E-state index in [1.165, 1.54) is 22.3 Å². The van der Waals surface area contributed by atoms with Crippen LogP contribution in [0.25, 0.3) is 113 Å². The number of nitrogens with zero attached hydrogens (tertiary/aromatic N) is 12. The molecule has 4 amide bonds. The first kappa shape index (κ1) is 75.3. The van der Waals surface area contributed by atoms with Crippen molar-refractivity contribution in [2.24, 2.45) is 0 Å². The van der Waals surface area contributed by atoms with Crippen LogP contribution in [0.3, 0.4) is 0 Å². The maximum atomic E-state index is 12.1. The zero-order chi connectivity index (χ0) is 79.8. The van der Waals surface area contributed by atoms with E-state index in [0.717, 1.165) is 129 Å². The van der Waals surface area contributed by atoms with Gasteiger partial charge in [-0.2, -0.15) is 0 Å². The van der Waals surface area contributed by atoms with Crippen molar-refractivity contribution in [1.29, 1.82) is 0 Å². The number of carbonyl (C=O) groups excluding carboxylic acids is 4. The number of nitrogens with one attached hydrogen (secondary N) is 8. The van der Waals surface area contributed by atoms with Crippen LogP contribution in [0.4, 0.5) is 0 Å². The van der Waals surface area contributed by atoms with E-state index in [1.54, 1.807) is 31.0 Å². The molecule has 8 aromatic carbocycles. The molecule has 16 aromatic rings. The number of rotatable bonds is 12. The minimum atomic E-state index is -0.422. The van der Waals surface area contributed by atoms with Gasteiger partial charge < -0.3 is 42.5 Å². The monoisotopic (exact) mass is 1540 g/mol. The van der Waals surface area contributed by atoms with Gasteiger partial charge in [0, 0.05) is 69.8 Å². The Hall–Kier alpha value is -15.7. The zero-order valence-electron chi connectivity index (χ0n) is 63.5. The quantitative estimate of drug-likeness (QED) is 0.0564. The predicted octanol–water partition coefficient (Wildman–Crippen LogP) is 15.1. The van der Waals surface area contributed by atoms with Crippen molar-refractivity contribution in [2.45, 2.75) is 59.3 Å². The molecule has 0 bridgehead atoms. The molecule has 20 rings (SSSR count). The molecular weight excluding hydrogens is 1460 g/mol. The maximum Gasteiger partial charge on any atom is 0.252 e. The Balaban J connectivity index is 0.000000116. The lowest BCUT2D eigenvalue weighted by atomic mass is 10.0. The van der Waals surface area contributed by atoms with Gasteiger partial charge in [0.05, 0.1) is 57.7 Å². The van der Waals surface area contributed by atoms with E-state index in [-0.39, 0.29) is 31.1 Å². The minimum absolute atomic E-state index is 0. The van der Waals surface area contributed by atoms with E-state index >= 15 is 0 Å². The number of pyridine rings is 4. The summed E-state index contributed by atoms with van der Waals surface area (Å²) in [5, 5.41) is 23.0. The molecule has 0 spiro atoms. The van der Waals surface area contributed by atoms with Crippen LogP contribution in [0, 0.1) is 27.7 Å². The minimum Gasteiger partial charge on any atom is -0.357 e. The predicted molar refractivity (Wildman–Crippen MR) is 456 cm³/mol. The molecule has 0 aliphatic carbocycles. The van der Waals surface area contributed by atoms with E-state index in [1.807, 2.05) is 140 Å². The summed E-state index contributed by atoms with van der Waals surface area (Å²) in [6.45, 7) is 23.3. The third-order valence-corrected chi connectivity index (χ3v) is 20.4. The second-order valence-corrected chi connectivity index (χ2v) is 28.5. The average Bonchev–Trinajstić information content (AvgIpc) is 1.65. The van der Waals surface area contributed by atoms with Gasteiger partial charge in [-0.1, -0.05) is 202 Å². The summed E-state index contributed by atoms with van der Waals surface area (Å²) < 4.78 is 8.41. The van der Waals surface area contributed by atoms with Crippen molar-refractivity contribution in [3.8, 4) is 68.3 Å². The van der Waals surface area contributed by atoms with Gasteiger partial charge in [0.1, 0.15) is 58.5 Å². The fourth-order valence-corrected chi connectivity index (χ4v) is 14.5. The van der Waals surface area contributed by atoms with Crippen LogP contribution in [0.2, 0.25) is 0 Å². The van der Waals surface area contributed by atoms with Gasteiger partial charge >= 0.3 is 0 Å². The lowest BCUT2D eigenvalue weighted by molar-refractivity contribution is -0.121. The molecule has 4 aliphatic rings. The Morgan fingerprint density at radius 3 is 1.03 bits per heavy atom. The van der Waals surface area contributed by atoms with Gasteiger partial charge in [-0.15, -0.1) is 0 Å². The van der Waals surface area contributed by atoms with Crippen molar-refractivity contribution in [3.05, 3.63) is 362 Å². The normalized spacial score (nSPS) is 16.0. The van der Waals surface area contributed by atoms with Gasteiger partial charge in [0.25, 0.3) is 23.6 Å². The summed E-state index contributed by atoms with van der Waals surface area (Å²) in [6.07, 6.45) is 10.7. The molecule has 576 valence electrons. The first-order valence-corrected chi connectivity index (χ1v) is 37.5. The Bertz CT molecular complexity index is 5750. The average molecular weight is 1540 g/mol. The fourth-order valence-electron chi connectivity index (χ4n) is 14.5. The van der Waals surface area contributed by atoms with Crippen molar-refractivity contribution in [2.75, 3.05) is 0 Å². The number of hydrogen-bond donors (Lipinski definition) is 8. The van der Waals surface area contributed by atoms with Gasteiger partial charge in [-0.05, 0) is 135 Å². The standard InChI is InChI=1S/4C23H19N5O.CH4/c1-14-3-9-18(10-4-14)28-20-11-12-24-13-19(20)27-22(28)17-7-5-16(6-8-17)21-23(29)26-15(2)25-21;1-14-3-9-18(10-4-14)28-20-13-24-12-11-19(20)27-22(28)17-7-5-16(6-8-17)21-23(29)26-15(2)25-21;1-14-5-11-18(12-6-14)28-19-4-3-13-24-21(19)27-22(28)17-9-7-16(8-10-17)20-23(29)26-15(2)25-20;1-14-5-11-18(12-6-14)28-21(27-19-4-3-13-24-22(19)28)17-9-7-16(8-10-17)20-23(29)26-15(2)25-20;/h2*3-13,21,25H,2H2,1H3,(H,26,29);2*3-13,20,25H,2H2,1H3,(H,26,29);1H4. The number of aromatic nitrogens is 12. The second-order valence-electron chi connectivity index (χ2n) is 28.5. The highest BCUT2D eigenvalue weighted by Crippen LogP contribution is 2.36. The van der Waals surface area contributed by atoms with Gasteiger partial charge in [-0.3, -0.25) is 47.4 Å². The van der Waals surface area contributed by atoms with Crippen molar-refractivity contribution in [1.82, 2.24) is 101 Å². The Kier molecular flexibility index (Phi) is 20.5. The highest BCUT2D eigenvalue weighted by Gasteiger charge is 2.32. The molecule has 4 saturated heterocycles. The molecule has 24 heteroatoms. The molecule has 4 fully saturated rings. The number of imidazole rings is 4. The van der Waals surface area contributed by atoms with Crippen LogP contribution in [-0.2, 0) is 19.2 Å². The van der Waals surface area contributed by atoms with E-state index in [2.05, 4.69) is 232 Å². The van der Waals surface area contributed by atoms with Gasteiger partial charge in [0.2, 0.25) is 0 Å². The van der Waals surface area contributed by atoms with Crippen molar-refractivity contribution < 1.29 is 19.2 Å². The van der Waals surface area contributed by atoms with E-state index in [9.17, 15) is 19.2 Å². The smallest absolute Gasteiger partial charge is 0.252 e. The highest BCUT2D eigenvalue weighted by atomic mass is 16.2. The van der Waals surface area contributed by atoms with Crippen molar-refractivity contribution >= 4 is 68.0 Å². The molecule has 117 heavy (non-hydrogen) atoms. The van der Waals surface area contributed by atoms with Gasteiger partial charge in [-0.25, -0.2) is 29.9 Å². The molecule has 0 saturated carbocycles. The zero-order valence-corrected chi connectivity index (χ0v) is 63.5. The number of fused-ring (bicyclic) bond motifs is 4. The summed E-state index contributed by atoms with van der Waals surface area (Å²) in [5.41, 5.74) is 23.2. The first-order valence-electron chi connectivity index (χ1n) is 37.5. The lowest BCUT2D eigenvalue weighted by Crippen LogP contribution is -2.19. The summed E-state index contributed by atoms with van der Waals surface area (Å²) in [5.74, 6) is 4.99. The Morgan fingerprint density at radius 1 is 0.299 bits per heavy atom. The number of amides is 4. The number of carbonyl (C=O) groups is 4. The fraction of sp³-hybridized carbons (Fsp3) is 0.0968. The van der Waals surface area contributed by atoms with Crippen LogP contribution < -0.4 is 42.5 Å². The maximum absolute atomic E-state index is 12.1. The van der Waals surface area contributed by atoms with E-state index in [0.29, 0.717) is 28.9 Å². The molecule has 0 radical (unpaired) electrons. The topological polar surface area (TPSA) is 287 Å². The molecule has 12 heterocycles. The van der Waals surface area contributed by atoms with Crippen LogP contribution in [0.15, 0.2) is 317 Å². The van der Waals surface area contributed by atoms with Crippen molar-refractivity contribution in [3.63, 3.8) is 0 Å². The summed E-state index contributed by atoms with van der Waals surface area (Å²) >= 11 is 0. The van der Waals surface area contributed by atoms with Crippen LogP contribution in [-0.4, -0.2) is 81.8 Å². The first-order chi connectivity index (χ1) is 56.4. The van der Waals surface area contributed by atoms with Crippen LogP contribution in [0.5, 0.6) is 0 Å². The molecule has 4 aliphatic heterocycles. The highest BCUT2D eigenvalue weighted by molar-refractivity contribution is 5.92. The third-order valence-electron chi connectivity index (χ3n) is 20.4. The Morgan fingerprint density at radius 2 is 0.624 bits per heavy atom. The number of benzene rings is 8. The summed E-state index contributed by atoms with van der Waals surface area (Å²) in [6, 6.07) is 74.8. The number of hydrogen-bond acceptors (Lipinski definition) is 16. The van der Waals surface area contributed by atoms with Crippen LogP contribution >= 0.6 is 0 Å². The van der Waals surface area contributed by atoms with Gasteiger partial charge in [0.15, 0.2) is 11.3 Å². The summed E-state index contributed by atoms with van der Waals surface area (Å²) in [4.78, 5) is 85.0. The Labute approximate surface area is 673 Å². The molecule has 4 unspecified atom stereocenters. The SMILES string of the molecule is C.C=C1NC(=O)C(c2ccc(-c3nc4cccnc4n3-c3ccc(C)cc3)cc2)N1.C=C1NC(=O)C(c2ccc(-c3nc4ccncc4n3-c3ccc(C)cc3)cc2)N1.C=C1NC(=O)C(c2ccc(-c3nc4cnccc4n3-c3ccc(C)cc3)cc2)N1.C=C1NC(=O)C(c2ccc(-c3nc4ncccc4n3-c3ccc(C)cc3)cc2)N1. The molecule has 8 aromatic heterocycles. The lowest BCUT2D eigenvalue weighted by Gasteiger charge is -2.12. The third kappa shape index (κ3) is 15.2. The molecule has 4 atom stereocenters. The molecule has 24 nitrogen and oxygen atoms in total. The van der Waals surface area contributed by atoms with Crippen LogP contribution in [0.1, 0.15) is 76.1 Å². The molecule has 8 N–H and O–H groups in total. The van der Waals surface area contributed by atoms with E-state index < -0.39 is 24.2 Å². The summed E-state index contributed by atoms with van der Waals surface area (Å²) in [7, 11) is 0.